The zero-order valence-electron chi connectivity index (χ0n) is 14.2. The molecular formula is C19H19N3O2S. The topological polar surface area (TPSA) is 55.3 Å². The fraction of sp³-hybridized carbons (Fsp3) is 0.211. The maximum Gasteiger partial charge on any atom is 0.273 e. The van der Waals surface area contributed by atoms with Crippen molar-refractivity contribution in [3.8, 4) is 16.3 Å². The number of methoxy groups -OCH3 is 1. The number of hydrogen-bond acceptors (Lipinski definition) is 5. The number of likely N-dealkylation sites (N-methyl/N-ethyl adjacent to an activating group) is 1. The van der Waals surface area contributed by atoms with Crippen LogP contribution in [0.5, 0.6) is 5.75 Å². The molecule has 3 aromatic rings. The number of hydrogen-bond donors (Lipinski definition) is 0. The summed E-state index contributed by atoms with van der Waals surface area (Å²) in [6, 6.07) is 13.4. The van der Waals surface area contributed by atoms with Crippen molar-refractivity contribution >= 4 is 17.2 Å². The van der Waals surface area contributed by atoms with E-state index in [2.05, 4.69) is 9.97 Å². The third-order valence-corrected chi connectivity index (χ3v) is 4.73. The Bertz CT molecular complexity index is 831. The van der Waals surface area contributed by atoms with Crippen LogP contribution in [0.4, 0.5) is 0 Å². The summed E-state index contributed by atoms with van der Waals surface area (Å²) in [6.45, 7) is 0.602. The highest BCUT2D eigenvalue weighted by atomic mass is 32.1. The van der Waals surface area contributed by atoms with Crippen molar-refractivity contribution in [1.82, 2.24) is 14.9 Å². The summed E-state index contributed by atoms with van der Waals surface area (Å²) in [4.78, 5) is 23.0. The molecule has 6 heteroatoms. The van der Waals surface area contributed by atoms with E-state index in [4.69, 9.17) is 4.74 Å². The van der Waals surface area contributed by atoms with E-state index in [0.717, 1.165) is 28.4 Å². The molecule has 0 saturated heterocycles. The normalized spacial score (nSPS) is 10.5. The lowest BCUT2D eigenvalue weighted by Gasteiger charge is -2.15. The monoisotopic (exact) mass is 353 g/mol. The zero-order valence-corrected chi connectivity index (χ0v) is 15.0. The fourth-order valence-corrected chi connectivity index (χ4v) is 3.16. The van der Waals surface area contributed by atoms with Crippen LogP contribution in [-0.4, -0.2) is 41.5 Å². The molecule has 25 heavy (non-hydrogen) atoms. The number of ether oxygens (including phenoxy) is 1. The second kappa shape index (κ2) is 7.90. The molecule has 1 aromatic carbocycles. The van der Waals surface area contributed by atoms with Gasteiger partial charge in [-0.2, -0.15) is 0 Å². The van der Waals surface area contributed by atoms with Gasteiger partial charge in [0.15, 0.2) is 0 Å². The van der Waals surface area contributed by atoms with E-state index in [9.17, 15) is 4.79 Å². The Labute approximate surface area is 150 Å². The van der Waals surface area contributed by atoms with Crippen molar-refractivity contribution in [3.63, 3.8) is 0 Å². The Morgan fingerprint density at radius 2 is 2.00 bits per heavy atom. The maximum atomic E-state index is 12.5. The van der Waals surface area contributed by atoms with Crippen LogP contribution < -0.4 is 4.74 Å². The second-order valence-electron chi connectivity index (χ2n) is 5.56. The molecule has 0 aliphatic rings. The van der Waals surface area contributed by atoms with E-state index in [1.807, 2.05) is 42.5 Å². The molecule has 0 radical (unpaired) electrons. The lowest BCUT2D eigenvalue weighted by atomic mass is 10.2. The molecular weight excluding hydrogens is 334 g/mol. The van der Waals surface area contributed by atoms with E-state index in [1.165, 1.54) is 11.3 Å². The molecule has 2 aromatic heterocycles. The van der Waals surface area contributed by atoms with Gasteiger partial charge in [-0.05, 0) is 36.4 Å². The van der Waals surface area contributed by atoms with Crippen molar-refractivity contribution in [2.24, 2.45) is 0 Å². The molecule has 0 saturated carbocycles. The summed E-state index contributed by atoms with van der Waals surface area (Å²) in [5.74, 6) is 0.720. The van der Waals surface area contributed by atoms with Crippen LogP contribution in [0.2, 0.25) is 0 Å². The van der Waals surface area contributed by atoms with Gasteiger partial charge in [-0.25, -0.2) is 4.98 Å². The molecule has 2 heterocycles. The Morgan fingerprint density at radius 1 is 1.20 bits per heavy atom. The van der Waals surface area contributed by atoms with Crippen LogP contribution in [0, 0.1) is 0 Å². The summed E-state index contributed by atoms with van der Waals surface area (Å²) in [5, 5.41) is 2.63. The number of carbonyl (C=O) groups excluding carboxylic acids is 1. The van der Waals surface area contributed by atoms with Gasteiger partial charge < -0.3 is 9.64 Å². The van der Waals surface area contributed by atoms with Crippen molar-refractivity contribution < 1.29 is 9.53 Å². The number of benzene rings is 1. The van der Waals surface area contributed by atoms with Crippen molar-refractivity contribution in [3.05, 3.63) is 65.4 Å². The van der Waals surface area contributed by atoms with Crippen LogP contribution in [0.1, 0.15) is 16.2 Å². The SMILES string of the molecule is COc1ccc(-c2nc(C(=O)N(C)CCc3ccccn3)cs2)cc1. The second-order valence-corrected chi connectivity index (χ2v) is 6.42. The fourth-order valence-electron chi connectivity index (χ4n) is 2.36. The van der Waals surface area contributed by atoms with Crippen molar-refractivity contribution in [2.75, 3.05) is 20.7 Å². The van der Waals surface area contributed by atoms with Gasteiger partial charge in [0.2, 0.25) is 0 Å². The predicted molar refractivity (Wildman–Crippen MR) is 99.0 cm³/mol. The summed E-state index contributed by atoms with van der Waals surface area (Å²) in [7, 11) is 3.42. The smallest absolute Gasteiger partial charge is 0.273 e. The number of amides is 1. The van der Waals surface area contributed by atoms with Gasteiger partial charge in [0.1, 0.15) is 16.5 Å². The molecule has 0 N–H and O–H groups in total. The van der Waals surface area contributed by atoms with Crippen molar-refractivity contribution in [1.29, 1.82) is 0 Å². The van der Waals surface area contributed by atoms with Gasteiger partial charge in [-0.15, -0.1) is 11.3 Å². The zero-order chi connectivity index (χ0) is 17.6. The Hall–Kier alpha value is -2.73. The van der Waals surface area contributed by atoms with E-state index in [1.54, 1.807) is 30.6 Å². The third kappa shape index (κ3) is 4.22. The Balaban J connectivity index is 1.65. The van der Waals surface area contributed by atoms with E-state index in [0.29, 0.717) is 12.2 Å². The maximum absolute atomic E-state index is 12.5. The van der Waals surface area contributed by atoms with Gasteiger partial charge in [0, 0.05) is 42.8 Å². The Kier molecular flexibility index (Phi) is 5.40. The third-order valence-electron chi connectivity index (χ3n) is 3.84. The molecule has 0 aliphatic carbocycles. The number of nitrogens with zero attached hydrogens (tertiary/aromatic N) is 3. The van der Waals surface area contributed by atoms with Gasteiger partial charge in [-0.3, -0.25) is 9.78 Å². The first-order valence-electron chi connectivity index (χ1n) is 7.92. The summed E-state index contributed by atoms with van der Waals surface area (Å²) in [6.07, 6.45) is 2.48. The minimum absolute atomic E-state index is 0.0769. The largest absolute Gasteiger partial charge is 0.497 e. The first-order chi connectivity index (χ1) is 12.2. The van der Waals surface area contributed by atoms with Crippen LogP contribution in [0.25, 0.3) is 10.6 Å². The van der Waals surface area contributed by atoms with Gasteiger partial charge in [0.25, 0.3) is 5.91 Å². The molecule has 0 fully saturated rings. The van der Waals surface area contributed by atoms with Crippen LogP contribution in [-0.2, 0) is 6.42 Å². The molecule has 3 rings (SSSR count). The van der Waals surface area contributed by atoms with E-state index in [-0.39, 0.29) is 5.91 Å². The van der Waals surface area contributed by atoms with Crippen LogP contribution in [0.3, 0.4) is 0 Å². The predicted octanol–water partition coefficient (Wildman–Crippen LogP) is 3.53. The first-order valence-corrected chi connectivity index (χ1v) is 8.80. The van der Waals surface area contributed by atoms with Crippen LogP contribution >= 0.6 is 11.3 Å². The molecule has 5 nitrogen and oxygen atoms in total. The summed E-state index contributed by atoms with van der Waals surface area (Å²) in [5.41, 5.74) is 2.42. The number of aromatic nitrogens is 2. The molecule has 0 atom stereocenters. The lowest BCUT2D eigenvalue weighted by Crippen LogP contribution is -2.29. The number of carbonyl (C=O) groups is 1. The molecule has 0 unspecified atom stereocenters. The highest BCUT2D eigenvalue weighted by Gasteiger charge is 2.16. The highest BCUT2D eigenvalue weighted by Crippen LogP contribution is 2.26. The molecule has 0 spiro atoms. The lowest BCUT2D eigenvalue weighted by molar-refractivity contribution is 0.0791. The van der Waals surface area contributed by atoms with E-state index >= 15 is 0 Å². The van der Waals surface area contributed by atoms with Gasteiger partial charge >= 0.3 is 0 Å². The van der Waals surface area contributed by atoms with E-state index < -0.39 is 0 Å². The quantitative estimate of drug-likeness (QED) is 0.680. The Morgan fingerprint density at radius 3 is 2.68 bits per heavy atom. The standard InChI is InChI=1S/C19H19N3O2S/c1-22(12-10-15-5-3-4-11-20-15)19(23)17-13-25-18(21-17)14-6-8-16(24-2)9-7-14/h3-9,11,13H,10,12H2,1-2H3. The van der Waals surface area contributed by atoms with Crippen molar-refractivity contribution in [2.45, 2.75) is 6.42 Å². The molecule has 0 bridgehead atoms. The summed E-state index contributed by atoms with van der Waals surface area (Å²) >= 11 is 1.46. The molecule has 128 valence electrons. The minimum Gasteiger partial charge on any atom is -0.497 e. The average Bonchev–Trinajstić information content (AvgIpc) is 3.16. The van der Waals surface area contributed by atoms with Gasteiger partial charge in [0.05, 0.1) is 7.11 Å². The summed E-state index contributed by atoms with van der Waals surface area (Å²) < 4.78 is 5.16. The number of rotatable bonds is 6. The first kappa shape index (κ1) is 17.1. The molecule has 0 aliphatic heterocycles. The number of pyridine rings is 1. The average molecular weight is 353 g/mol. The minimum atomic E-state index is -0.0769. The molecule has 1 amide bonds. The number of thiazole rings is 1. The highest BCUT2D eigenvalue weighted by molar-refractivity contribution is 7.13. The van der Waals surface area contributed by atoms with Crippen LogP contribution in [0.15, 0.2) is 54.0 Å². The van der Waals surface area contributed by atoms with Gasteiger partial charge in [-0.1, -0.05) is 6.07 Å².